The first-order chi connectivity index (χ1) is 8.65. The van der Waals surface area contributed by atoms with Crippen molar-refractivity contribution in [3.63, 3.8) is 0 Å². The number of amides is 1. The highest BCUT2D eigenvalue weighted by Gasteiger charge is 2.06. The first kappa shape index (κ1) is 14.8. The van der Waals surface area contributed by atoms with Crippen LogP contribution in [0.25, 0.3) is 0 Å². The zero-order valence-electron chi connectivity index (χ0n) is 10.5. The molecule has 4 nitrogen and oxygen atoms in total. The summed E-state index contributed by atoms with van der Waals surface area (Å²) in [6.45, 7) is 3.14. The van der Waals surface area contributed by atoms with Gasteiger partial charge in [-0.25, -0.2) is 0 Å². The molecule has 0 aliphatic heterocycles. The van der Waals surface area contributed by atoms with Crippen molar-refractivity contribution in [3.05, 3.63) is 28.8 Å². The first-order valence-electron chi connectivity index (χ1n) is 6.00. The predicted molar refractivity (Wildman–Crippen MR) is 73.0 cm³/mol. The quantitative estimate of drug-likeness (QED) is 0.744. The third-order valence-electron chi connectivity index (χ3n) is 2.53. The highest BCUT2D eigenvalue weighted by Crippen LogP contribution is 2.24. The summed E-state index contributed by atoms with van der Waals surface area (Å²) in [5.41, 5.74) is 6.20. The van der Waals surface area contributed by atoms with Gasteiger partial charge in [-0.1, -0.05) is 17.7 Å². The Morgan fingerprint density at radius 3 is 2.94 bits per heavy atom. The van der Waals surface area contributed by atoms with E-state index in [1.54, 1.807) is 18.2 Å². The second kappa shape index (κ2) is 7.95. The maximum atomic E-state index is 11.5. The van der Waals surface area contributed by atoms with Gasteiger partial charge < -0.3 is 15.8 Å². The largest absolute Gasteiger partial charge is 0.483 e. The van der Waals surface area contributed by atoms with Crippen LogP contribution in [0, 0.1) is 6.92 Å². The Labute approximate surface area is 112 Å². The molecule has 0 aliphatic carbocycles. The lowest BCUT2D eigenvalue weighted by Gasteiger charge is -2.10. The number of benzene rings is 1. The van der Waals surface area contributed by atoms with E-state index >= 15 is 0 Å². The molecule has 0 bridgehead atoms. The Morgan fingerprint density at radius 1 is 1.44 bits per heavy atom. The van der Waals surface area contributed by atoms with Crippen LogP contribution in [0.5, 0.6) is 5.75 Å². The van der Waals surface area contributed by atoms with Crippen LogP contribution < -0.4 is 15.8 Å². The second-order valence-electron chi connectivity index (χ2n) is 4.00. The minimum Gasteiger partial charge on any atom is -0.483 e. The van der Waals surface area contributed by atoms with Crippen molar-refractivity contribution in [3.8, 4) is 5.75 Å². The normalized spacial score (nSPS) is 10.2. The minimum absolute atomic E-state index is 0.00378. The molecule has 1 aromatic carbocycles. The summed E-state index contributed by atoms with van der Waals surface area (Å²) in [6.07, 6.45) is 1.80. The topological polar surface area (TPSA) is 64.3 Å². The summed E-state index contributed by atoms with van der Waals surface area (Å²) in [7, 11) is 0. The van der Waals surface area contributed by atoms with E-state index < -0.39 is 0 Å². The number of halogens is 1. The third-order valence-corrected chi connectivity index (χ3v) is 2.94. The van der Waals surface area contributed by atoms with Crippen LogP contribution >= 0.6 is 11.6 Å². The van der Waals surface area contributed by atoms with Gasteiger partial charge >= 0.3 is 0 Å². The molecule has 1 rings (SSSR count). The Bertz CT molecular complexity index is 397. The van der Waals surface area contributed by atoms with Gasteiger partial charge in [0.15, 0.2) is 6.61 Å². The Morgan fingerprint density at radius 2 is 2.22 bits per heavy atom. The summed E-state index contributed by atoms with van der Waals surface area (Å²) in [5.74, 6) is 0.506. The molecule has 0 saturated heterocycles. The molecule has 0 radical (unpaired) electrons. The first-order valence-corrected chi connectivity index (χ1v) is 6.37. The molecule has 0 aromatic heterocycles. The molecule has 1 aromatic rings. The smallest absolute Gasteiger partial charge is 0.257 e. The maximum absolute atomic E-state index is 11.5. The van der Waals surface area contributed by atoms with Gasteiger partial charge in [0, 0.05) is 17.1 Å². The highest BCUT2D eigenvalue weighted by atomic mass is 35.5. The van der Waals surface area contributed by atoms with E-state index in [1.165, 1.54) is 0 Å². The summed E-state index contributed by atoms with van der Waals surface area (Å²) in [6, 6.07) is 5.38. The number of carbonyl (C=O) groups excluding carboxylic acids is 1. The Balaban J connectivity index is 2.32. The maximum Gasteiger partial charge on any atom is 0.257 e. The average Bonchev–Trinajstić information content (AvgIpc) is 2.36. The zero-order valence-corrected chi connectivity index (χ0v) is 11.3. The number of nitrogens with two attached hydrogens (primary N) is 1. The van der Waals surface area contributed by atoms with Gasteiger partial charge in [-0.3, -0.25) is 4.79 Å². The third kappa shape index (κ3) is 4.94. The molecule has 5 heteroatoms. The molecule has 0 fully saturated rings. The van der Waals surface area contributed by atoms with Gasteiger partial charge in [0.25, 0.3) is 5.91 Å². The lowest BCUT2D eigenvalue weighted by atomic mass is 10.2. The molecule has 0 heterocycles. The van der Waals surface area contributed by atoms with E-state index in [0.29, 0.717) is 23.9 Å². The van der Waals surface area contributed by atoms with E-state index in [9.17, 15) is 4.79 Å². The Kier molecular flexibility index (Phi) is 6.54. The van der Waals surface area contributed by atoms with Gasteiger partial charge in [0.05, 0.1) is 0 Å². The number of hydrogen-bond donors (Lipinski definition) is 2. The van der Waals surface area contributed by atoms with Crippen LogP contribution in [-0.4, -0.2) is 25.6 Å². The van der Waals surface area contributed by atoms with E-state index in [0.717, 1.165) is 18.4 Å². The molecule has 0 saturated carbocycles. The fourth-order valence-electron chi connectivity index (χ4n) is 1.44. The molecular formula is C13H19ClN2O2. The molecule has 0 spiro atoms. The van der Waals surface area contributed by atoms with E-state index in [-0.39, 0.29) is 12.5 Å². The van der Waals surface area contributed by atoms with Crippen LogP contribution in [0.15, 0.2) is 18.2 Å². The fourth-order valence-corrected chi connectivity index (χ4v) is 1.60. The van der Waals surface area contributed by atoms with Crippen molar-refractivity contribution in [2.75, 3.05) is 19.7 Å². The Hall–Kier alpha value is -1.26. The van der Waals surface area contributed by atoms with Crippen LogP contribution in [0.3, 0.4) is 0 Å². The molecule has 3 N–H and O–H groups in total. The van der Waals surface area contributed by atoms with Crippen molar-refractivity contribution >= 4 is 17.5 Å². The van der Waals surface area contributed by atoms with E-state index in [4.69, 9.17) is 22.1 Å². The lowest BCUT2D eigenvalue weighted by molar-refractivity contribution is -0.123. The minimum atomic E-state index is -0.133. The van der Waals surface area contributed by atoms with Gasteiger partial charge in [-0.15, -0.1) is 0 Å². The van der Waals surface area contributed by atoms with Crippen molar-refractivity contribution in [2.24, 2.45) is 5.73 Å². The number of nitrogens with one attached hydrogen (secondary N) is 1. The van der Waals surface area contributed by atoms with Gasteiger partial charge in [0.1, 0.15) is 5.75 Å². The van der Waals surface area contributed by atoms with Crippen molar-refractivity contribution in [2.45, 2.75) is 19.8 Å². The zero-order chi connectivity index (χ0) is 13.4. The van der Waals surface area contributed by atoms with E-state index in [2.05, 4.69) is 5.32 Å². The standard InChI is InChI=1S/C13H19ClN2O2/c1-10-11(14)5-4-6-12(10)18-9-13(17)16-8-3-2-7-15/h4-6H,2-3,7-9,15H2,1H3,(H,16,17). The van der Waals surface area contributed by atoms with Crippen molar-refractivity contribution in [1.29, 1.82) is 0 Å². The molecule has 0 aliphatic rings. The van der Waals surface area contributed by atoms with Gasteiger partial charge in [-0.2, -0.15) is 0 Å². The number of ether oxygens (including phenoxy) is 1. The van der Waals surface area contributed by atoms with Crippen molar-refractivity contribution in [1.82, 2.24) is 5.32 Å². The summed E-state index contributed by atoms with van der Waals surface area (Å²) in [4.78, 5) is 11.5. The second-order valence-corrected chi connectivity index (χ2v) is 4.40. The lowest BCUT2D eigenvalue weighted by Crippen LogP contribution is -2.30. The molecule has 0 atom stereocenters. The molecule has 1 amide bonds. The SMILES string of the molecule is Cc1c(Cl)cccc1OCC(=O)NCCCCN. The highest BCUT2D eigenvalue weighted by molar-refractivity contribution is 6.31. The summed E-state index contributed by atoms with van der Waals surface area (Å²) < 4.78 is 5.42. The van der Waals surface area contributed by atoms with Crippen LogP contribution in [0.2, 0.25) is 5.02 Å². The number of hydrogen-bond acceptors (Lipinski definition) is 3. The molecule has 100 valence electrons. The fraction of sp³-hybridized carbons (Fsp3) is 0.462. The van der Waals surface area contributed by atoms with Crippen LogP contribution in [0.4, 0.5) is 0 Å². The molecular weight excluding hydrogens is 252 g/mol. The van der Waals surface area contributed by atoms with Crippen LogP contribution in [0.1, 0.15) is 18.4 Å². The molecule has 0 unspecified atom stereocenters. The monoisotopic (exact) mass is 270 g/mol. The predicted octanol–water partition coefficient (Wildman–Crippen LogP) is 1.88. The number of unbranched alkanes of at least 4 members (excludes halogenated alkanes) is 1. The van der Waals surface area contributed by atoms with Crippen molar-refractivity contribution < 1.29 is 9.53 Å². The summed E-state index contributed by atoms with van der Waals surface area (Å²) in [5, 5.41) is 3.40. The molecule has 18 heavy (non-hydrogen) atoms. The number of carbonyl (C=O) groups is 1. The van der Waals surface area contributed by atoms with E-state index in [1.807, 2.05) is 6.92 Å². The van der Waals surface area contributed by atoms with Gasteiger partial charge in [0.2, 0.25) is 0 Å². The average molecular weight is 271 g/mol. The van der Waals surface area contributed by atoms with Crippen LogP contribution in [-0.2, 0) is 4.79 Å². The van der Waals surface area contributed by atoms with Gasteiger partial charge in [-0.05, 0) is 38.4 Å². The summed E-state index contributed by atoms with van der Waals surface area (Å²) >= 11 is 5.96. The number of rotatable bonds is 7.